The molecule has 0 saturated carbocycles. The van der Waals surface area contributed by atoms with E-state index < -0.39 is 11.7 Å². The van der Waals surface area contributed by atoms with Crippen LogP contribution in [0.25, 0.3) is 0 Å². The Labute approximate surface area is 121 Å². The van der Waals surface area contributed by atoms with Gasteiger partial charge < -0.3 is 10.6 Å². The van der Waals surface area contributed by atoms with Crippen molar-refractivity contribution < 1.29 is 13.2 Å². The molecule has 2 N–H and O–H groups in total. The van der Waals surface area contributed by atoms with Crippen molar-refractivity contribution in [1.29, 1.82) is 0 Å². The summed E-state index contributed by atoms with van der Waals surface area (Å²) in [5.74, 6) is 1.90. The van der Waals surface area contributed by atoms with E-state index >= 15 is 0 Å². The smallest absolute Gasteiger partial charge is 0.367 e. The van der Waals surface area contributed by atoms with Crippen molar-refractivity contribution in [2.75, 3.05) is 29.5 Å². The van der Waals surface area contributed by atoms with Crippen LogP contribution in [0.5, 0.6) is 0 Å². The number of alkyl halides is 3. The van der Waals surface area contributed by atoms with E-state index in [1.807, 2.05) is 18.7 Å². The number of benzene rings is 1. The molecule has 0 radical (unpaired) electrons. The lowest BCUT2D eigenvalue weighted by atomic mass is 10.0. The van der Waals surface area contributed by atoms with Crippen LogP contribution in [0.4, 0.5) is 18.9 Å². The van der Waals surface area contributed by atoms with Gasteiger partial charge in [-0.05, 0) is 37.6 Å². The molecule has 1 aromatic carbocycles. The van der Waals surface area contributed by atoms with Gasteiger partial charge in [-0.3, -0.25) is 0 Å². The number of halogens is 3. The van der Waals surface area contributed by atoms with Gasteiger partial charge in [0.05, 0.1) is 5.56 Å². The van der Waals surface area contributed by atoms with Gasteiger partial charge in [0.2, 0.25) is 0 Å². The van der Waals surface area contributed by atoms with Gasteiger partial charge in [-0.1, -0.05) is 6.07 Å². The van der Waals surface area contributed by atoms with E-state index in [0.29, 0.717) is 5.69 Å². The van der Waals surface area contributed by atoms with Gasteiger partial charge in [0.1, 0.15) is 0 Å². The molecule has 0 aliphatic carbocycles. The normalized spacial score (nSPS) is 20.2. The molecule has 0 amide bonds. The highest BCUT2D eigenvalue weighted by atomic mass is 32.2. The van der Waals surface area contributed by atoms with E-state index in [0.717, 1.165) is 18.1 Å². The summed E-state index contributed by atoms with van der Waals surface area (Å²) >= 11 is 1.84. The third-order valence-corrected chi connectivity index (χ3v) is 4.70. The summed E-state index contributed by atoms with van der Waals surface area (Å²) < 4.78 is 39.5. The van der Waals surface area contributed by atoms with Crippen LogP contribution in [0.1, 0.15) is 18.1 Å². The molecular weight excluding hydrogens is 285 g/mol. The van der Waals surface area contributed by atoms with Crippen molar-refractivity contribution in [1.82, 2.24) is 0 Å². The van der Waals surface area contributed by atoms with Gasteiger partial charge in [-0.15, -0.1) is 0 Å². The Balaban J connectivity index is 2.36. The van der Waals surface area contributed by atoms with E-state index in [2.05, 4.69) is 4.90 Å². The monoisotopic (exact) mass is 304 g/mol. The number of thioether (sulfide) groups is 1. The summed E-state index contributed by atoms with van der Waals surface area (Å²) in [5, 5.41) is 0. The fourth-order valence-corrected chi connectivity index (χ4v) is 3.50. The van der Waals surface area contributed by atoms with Crippen molar-refractivity contribution in [2.45, 2.75) is 25.6 Å². The highest BCUT2D eigenvalue weighted by Gasteiger charge is 2.34. The van der Waals surface area contributed by atoms with Crippen LogP contribution in [0.15, 0.2) is 18.2 Å². The Hall–Kier alpha value is -0.880. The SMILES string of the molecule is CC1CSCCN1c1ccc(CCN)c(C(F)(F)F)c1. The van der Waals surface area contributed by atoms with E-state index in [4.69, 9.17) is 5.73 Å². The largest absolute Gasteiger partial charge is 0.416 e. The predicted octanol–water partition coefficient (Wildman–Crippen LogP) is 3.15. The lowest BCUT2D eigenvalue weighted by molar-refractivity contribution is -0.138. The van der Waals surface area contributed by atoms with Crippen molar-refractivity contribution >= 4 is 17.4 Å². The van der Waals surface area contributed by atoms with Gasteiger partial charge in [0.15, 0.2) is 0 Å². The molecule has 0 spiro atoms. The molecule has 0 bridgehead atoms. The van der Waals surface area contributed by atoms with Crippen molar-refractivity contribution in [3.63, 3.8) is 0 Å². The highest BCUT2D eigenvalue weighted by Crippen LogP contribution is 2.36. The molecule has 1 fully saturated rings. The summed E-state index contributed by atoms with van der Waals surface area (Å²) in [5.41, 5.74) is 5.78. The summed E-state index contributed by atoms with van der Waals surface area (Å²) in [6.07, 6.45) is -4.07. The minimum absolute atomic E-state index is 0.221. The maximum atomic E-state index is 13.2. The average molecular weight is 304 g/mol. The number of hydrogen-bond donors (Lipinski definition) is 1. The number of hydrogen-bond acceptors (Lipinski definition) is 3. The average Bonchev–Trinajstić information content (AvgIpc) is 2.39. The molecular formula is C14H19F3N2S. The molecule has 1 unspecified atom stereocenters. The quantitative estimate of drug-likeness (QED) is 0.930. The Morgan fingerprint density at radius 3 is 2.75 bits per heavy atom. The van der Waals surface area contributed by atoms with Gasteiger partial charge in [0.25, 0.3) is 0 Å². The summed E-state index contributed by atoms with van der Waals surface area (Å²) in [7, 11) is 0. The number of nitrogens with two attached hydrogens (primary N) is 1. The topological polar surface area (TPSA) is 29.3 Å². The molecule has 6 heteroatoms. The molecule has 1 heterocycles. The molecule has 20 heavy (non-hydrogen) atoms. The zero-order valence-corrected chi connectivity index (χ0v) is 12.2. The lowest BCUT2D eigenvalue weighted by Crippen LogP contribution is -2.40. The van der Waals surface area contributed by atoms with Crippen LogP contribution in [0, 0.1) is 0 Å². The molecule has 1 aliphatic rings. The maximum Gasteiger partial charge on any atom is 0.416 e. The molecule has 1 atom stereocenters. The van der Waals surface area contributed by atoms with Crippen molar-refractivity contribution in [3.05, 3.63) is 29.3 Å². The summed E-state index contributed by atoms with van der Waals surface area (Å²) in [4.78, 5) is 2.05. The third kappa shape index (κ3) is 3.41. The van der Waals surface area contributed by atoms with Gasteiger partial charge >= 0.3 is 6.18 Å². The first-order chi connectivity index (χ1) is 9.43. The Kier molecular flexibility index (Phi) is 4.86. The summed E-state index contributed by atoms with van der Waals surface area (Å²) in [6.45, 7) is 3.06. The van der Waals surface area contributed by atoms with Crippen LogP contribution < -0.4 is 10.6 Å². The zero-order valence-electron chi connectivity index (χ0n) is 11.4. The fourth-order valence-electron chi connectivity index (χ4n) is 2.49. The van der Waals surface area contributed by atoms with Crippen LogP contribution in [-0.2, 0) is 12.6 Å². The molecule has 1 aliphatic heterocycles. The Bertz CT molecular complexity index is 462. The minimum Gasteiger partial charge on any atom is -0.367 e. The first-order valence-corrected chi connectivity index (χ1v) is 7.83. The fraction of sp³-hybridized carbons (Fsp3) is 0.571. The van der Waals surface area contributed by atoms with E-state index in [1.54, 1.807) is 12.1 Å². The second-order valence-electron chi connectivity index (χ2n) is 5.00. The number of rotatable bonds is 3. The van der Waals surface area contributed by atoms with Crippen LogP contribution in [0.2, 0.25) is 0 Å². The summed E-state index contributed by atoms with van der Waals surface area (Å²) in [6, 6.07) is 4.89. The van der Waals surface area contributed by atoms with Gasteiger partial charge in [0, 0.05) is 29.8 Å². The highest BCUT2D eigenvalue weighted by molar-refractivity contribution is 7.99. The standard InChI is InChI=1S/C14H19F3N2S/c1-10-9-20-7-6-19(10)12-3-2-11(4-5-18)13(8-12)14(15,16)17/h2-3,8,10H,4-7,9,18H2,1H3. The van der Waals surface area contributed by atoms with E-state index in [1.165, 1.54) is 6.07 Å². The minimum atomic E-state index is -4.33. The molecule has 2 rings (SSSR count). The van der Waals surface area contributed by atoms with Crippen LogP contribution in [-0.4, -0.2) is 30.6 Å². The molecule has 2 nitrogen and oxygen atoms in total. The first-order valence-electron chi connectivity index (χ1n) is 6.68. The number of nitrogens with zero attached hydrogens (tertiary/aromatic N) is 1. The maximum absolute atomic E-state index is 13.2. The second-order valence-corrected chi connectivity index (χ2v) is 6.15. The Morgan fingerprint density at radius 2 is 2.15 bits per heavy atom. The van der Waals surface area contributed by atoms with E-state index in [-0.39, 0.29) is 24.6 Å². The van der Waals surface area contributed by atoms with E-state index in [9.17, 15) is 13.2 Å². The van der Waals surface area contributed by atoms with Crippen LogP contribution >= 0.6 is 11.8 Å². The van der Waals surface area contributed by atoms with Gasteiger partial charge in [-0.2, -0.15) is 24.9 Å². The molecule has 0 aromatic heterocycles. The number of anilines is 1. The predicted molar refractivity (Wildman–Crippen MR) is 78.3 cm³/mol. The van der Waals surface area contributed by atoms with Gasteiger partial charge in [-0.25, -0.2) is 0 Å². The molecule has 1 saturated heterocycles. The molecule has 1 aromatic rings. The van der Waals surface area contributed by atoms with Crippen molar-refractivity contribution in [3.8, 4) is 0 Å². The zero-order chi connectivity index (χ0) is 14.8. The molecule has 112 valence electrons. The third-order valence-electron chi connectivity index (χ3n) is 3.51. The van der Waals surface area contributed by atoms with Crippen LogP contribution in [0.3, 0.4) is 0 Å². The Morgan fingerprint density at radius 1 is 1.40 bits per heavy atom. The lowest BCUT2D eigenvalue weighted by Gasteiger charge is -2.35. The second kappa shape index (κ2) is 6.26. The first kappa shape index (κ1) is 15.5. The van der Waals surface area contributed by atoms with Crippen molar-refractivity contribution in [2.24, 2.45) is 5.73 Å².